The fourth-order valence-corrected chi connectivity index (χ4v) is 4.23. The van der Waals surface area contributed by atoms with Gasteiger partial charge in [-0.25, -0.2) is 9.97 Å². The van der Waals surface area contributed by atoms with E-state index in [4.69, 9.17) is 21.0 Å². The highest BCUT2D eigenvalue weighted by Gasteiger charge is 2.20. The minimum Gasteiger partial charge on any atom is -0.464 e. The van der Waals surface area contributed by atoms with Crippen LogP contribution in [-0.4, -0.2) is 21.4 Å². The van der Waals surface area contributed by atoms with Crippen molar-refractivity contribution in [1.82, 2.24) is 14.9 Å². The van der Waals surface area contributed by atoms with E-state index in [1.165, 1.54) is 0 Å². The van der Waals surface area contributed by atoms with Crippen LogP contribution in [0.15, 0.2) is 68.6 Å². The van der Waals surface area contributed by atoms with Gasteiger partial charge < -0.3 is 4.42 Å². The molecule has 0 N–H and O–H groups in total. The van der Waals surface area contributed by atoms with Gasteiger partial charge in [0.15, 0.2) is 11.3 Å². The molecule has 3 heterocycles. The summed E-state index contributed by atoms with van der Waals surface area (Å²) >= 11 is 9.39. The molecule has 0 atom stereocenters. The van der Waals surface area contributed by atoms with E-state index in [2.05, 4.69) is 25.8 Å². The number of fused-ring (bicyclic) bond motifs is 2. The molecular weight excluding hydrogens is 466 g/mol. The Bertz CT molecular complexity index is 1300. The SMILES string of the molecule is O=c1c(CN2CCc3nc(-c4ccc(Cl)cc4)ncc3C2)coc2ccc(Br)cc12. The van der Waals surface area contributed by atoms with Crippen molar-refractivity contribution in [2.45, 2.75) is 19.5 Å². The number of hydrogen-bond acceptors (Lipinski definition) is 5. The van der Waals surface area contributed by atoms with Crippen LogP contribution in [0, 0.1) is 0 Å². The second-order valence-corrected chi connectivity index (χ2v) is 8.72. The van der Waals surface area contributed by atoms with Gasteiger partial charge in [0.1, 0.15) is 5.58 Å². The number of hydrogen-bond donors (Lipinski definition) is 0. The van der Waals surface area contributed by atoms with E-state index in [0.29, 0.717) is 40.5 Å². The number of aromatic nitrogens is 2. The monoisotopic (exact) mass is 481 g/mol. The second-order valence-electron chi connectivity index (χ2n) is 7.36. The summed E-state index contributed by atoms with van der Waals surface area (Å²) in [7, 11) is 0. The zero-order valence-corrected chi connectivity index (χ0v) is 18.3. The van der Waals surface area contributed by atoms with Gasteiger partial charge in [0, 0.05) is 58.4 Å². The Balaban J connectivity index is 1.37. The summed E-state index contributed by atoms with van der Waals surface area (Å²) in [5, 5.41) is 1.29. The third-order valence-electron chi connectivity index (χ3n) is 5.32. The number of benzene rings is 2. The van der Waals surface area contributed by atoms with Gasteiger partial charge in [0.2, 0.25) is 0 Å². The topological polar surface area (TPSA) is 59.2 Å². The van der Waals surface area contributed by atoms with E-state index in [1.807, 2.05) is 42.6 Å². The molecule has 0 amide bonds. The maximum Gasteiger partial charge on any atom is 0.197 e. The Kier molecular flexibility index (Phi) is 5.15. The van der Waals surface area contributed by atoms with Crippen molar-refractivity contribution < 1.29 is 4.42 Å². The summed E-state index contributed by atoms with van der Waals surface area (Å²) < 4.78 is 6.54. The van der Waals surface area contributed by atoms with Crippen molar-refractivity contribution in [2.24, 2.45) is 0 Å². The van der Waals surface area contributed by atoms with Crippen molar-refractivity contribution >= 4 is 38.5 Å². The van der Waals surface area contributed by atoms with Crippen LogP contribution >= 0.6 is 27.5 Å². The Hall–Kier alpha value is -2.54. The molecule has 4 aromatic rings. The highest BCUT2D eigenvalue weighted by molar-refractivity contribution is 9.10. The van der Waals surface area contributed by atoms with Crippen LogP contribution in [0.1, 0.15) is 16.8 Å². The highest BCUT2D eigenvalue weighted by Crippen LogP contribution is 2.24. The molecule has 5 rings (SSSR count). The lowest BCUT2D eigenvalue weighted by molar-refractivity contribution is 0.240. The fourth-order valence-electron chi connectivity index (χ4n) is 3.74. The Morgan fingerprint density at radius 1 is 1.17 bits per heavy atom. The van der Waals surface area contributed by atoms with Gasteiger partial charge in [0.25, 0.3) is 0 Å². The third kappa shape index (κ3) is 3.78. The maximum atomic E-state index is 12.9. The molecule has 30 heavy (non-hydrogen) atoms. The molecule has 0 radical (unpaired) electrons. The van der Waals surface area contributed by atoms with E-state index in [0.717, 1.165) is 34.3 Å². The van der Waals surface area contributed by atoms with Crippen LogP contribution in [0.3, 0.4) is 0 Å². The van der Waals surface area contributed by atoms with E-state index in [1.54, 1.807) is 12.3 Å². The van der Waals surface area contributed by atoms with Gasteiger partial charge in [-0.3, -0.25) is 9.69 Å². The molecule has 0 bridgehead atoms. The van der Waals surface area contributed by atoms with Crippen LogP contribution < -0.4 is 5.43 Å². The summed E-state index contributed by atoms with van der Waals surface area (Å²) in [5.74, 6) is 0.708. The number of nitrogens with zero attached hydrogens (tertiary/aromatic N) is 3. The lowest BCUT2D eigenvalue weighted by atomic mass is 10.1. The molecule has 0 saturated heterocycles. The van der Waals surface area contributed by atoms with Crippen LogP contribution in [-0.2, 0) is 19.5 Å². The largest absolute Gasteiger partial charge is 0.464 e. The molecule has 1 aliphatic heterocycles. The quantitative estimate of drug-likeness (QED) is 0.400. The first-order valence-corrected chi connectivity index (χ1v) is 10.8. The molecule has 150 valence electrons. The summed E-state index contributed by atoms with van der Waals surface area (Å²) in [6.45, 7) is 2.05. The molecule has 1 aliphatic rings. The number of rotatable bonds is 3. The minimum absolute atomic E-state index is 0.0117. The zero-order valence-electron chi connectivity index (χ0n) is 15.9. The summed E-state index contributed by atoms with van der Waals surface area (Å²) in [6, 6.07) is 13.0. The van der Waals surface area contributed by atoms with Crippen LogP contribution in [0.4, 0.5) is 0 Å². The van der Waals surface area contributed by atoms with Gasteiger partial charge in [-0.05, 0) is 42.5 Å². The molecule has 0 saturated carbocycles. The summed E-state index contributed by atoms with van der Waals surface area (Å²) in [4.78, 5) is 24.4. The van der Waals surface area contributed by atoms with Gasteiger partial charge in [0.05, 0.1) is 17.3 Å². The smallest absolute Gasteiger partial charge is 0.197 e. The average molecular weight is 483 g/mol. The first-order valence-electron chi connectivity index (χ1n) is 9.60. The molecule has 7 heteroatoms. The Morgan fingerprint density at radius 2 is 2.00 bits per heavy atom. The van der Waals surface area contributed by atoms with Crippen molar-refractivity contribution in [3.8, 4) is 11.4 Å². The molecule has 2 aromatic carbocycles. The molecule has 0 fully saturated rings. The number of halogens is 2. The van der Waals surface area contributed by atoms with Crippen molar-refractivity contribution in [3.05, 3.63) is 91.5 Å². The predicted octanol–water partition coefficient (Wildman–Crippen LogP) is 5.22. The van der Waals surface area contributed by atoms with Crippen molar-refractivity contribution in [1.29, 1.82) is 0 Å². The predicted molar refractivity (Wildman–Crippen MR) is 120 cm³/mol. The Labute approximate surface area is 186 Å². The fraction of sp³-hybridized carbons (Fsp3) is 0.174. The average Bonchev–Trinajstić information content (AvgIpc) is 2.76. The van der Waals surface area contributed by atoms with Crippen LogP contribution in [0.2, 0.25) is 5.02 Å². The second kappa shape index (κ2) is 7.95. The van der Waals surface area contributed by atoms with Crippen LogP contribution in [0.25, 0.3) is 22.4 Å². The van der Waals surface area contributed by atoms with E-state index in [-0.39, 0.29) is 5.43 Å². The van der Waals surface area contributed by atoms with E-state index < -0.39 is 0 Å². The van der Waals surface area contributed by atoms with E-state index in [9.17, 15) is 4.79 Å². The van der Waals surface area contributed by atoms with Gasteiger partial charge >= 0.3 is 0 Å². The minimum atomic E-state index is 0.0117. The molecular formula is C23H17BrClN3O2. The third-order valence-corrected chi connectivity index (χ3v) is 6.06. The van der Waals surface area contributed by atoms with Gasteiger partial charge in [-0.2, -0.15) is 0 Å². The lowest BCUT2D eigenvalue weighted by Gasteiger charge is -2.27. The van der Waals surface area contributed by atoms with Crippen LogP contribution in [0.5, 0.6) is 0 Å². The molecule has 0 unspecified atom stereocenters. The standard InChI is InChI=1S/C23H17BrClN3O2/c24-17-3-6-21-19(9-17)22(29)16(13-30-21)12-28-8-7-20-15(11-28)10-26-23(27-20)14-1-4-18(25)5-2-14/h1-6,9-10,13H,7-8,11-12H2. The molecule has 5 nitrogen and oxygen atoms in total. The first kappa shape index (κ1) is 19.4. The highest BCUT2D eigenvalue weighted by atomic mass is 79.9. The normalized spacial score (nSPS) is 14.1. The van der Waals surface area contributed by atoms with Crippen molar-refractivity contribution in [2.75, 3.05) is 6.54 Å². The lowest BCUT2D eigenvalue weighted by Crippen LogP contribution is -2.32. The van der Waals surface area contributed by atoms with Gasteiger partial charge in [-0.1, -0.05) is 27.5 Å². The molecule has 2 aromatic heterocycles. The van der Waals surface area contributed by atoms with Crippen molar-refractivity contribution in [3.63, 3.8) is 0 Å². The zero-order chi connectivity index (χ0) is 20.7. The molecule has 0 aliphatic carbocycles. The van der Waals surface area contributed by atoms with E-state index >= 15 is 0 Å². The molecule has 0 spiro atoms. The van der Waals surface area contributed by atoms with Gasteiger partial charge in [-0.15, -0.1) is 0 Å². The summed E-state index contributed by atoms with van der Waals surface area (Å²) in [5.41, 5.74) is 4.36. The maximum absolute atomic E-state index is 12.9. The Morgan fingerprint density at radius 3 is 2.83 bits per heavy atom. The first-order chi connectivity index (χ1) is 14.6. The summed E-state index contributed by atoms with van der Waals surface area (Å²) in [6.07, 6.45) is 4.27.